The molecule has 2 heterocycles. The van der Waals surface area contributed by atoms with E-state index >= 15 is 0 Å². The highest BCUT2D eigenvalue weighted by Crippen LogP contribution is 2.29. The lowest BCUT2D eigenvalue weighted by Crippen LogP contribution is -2.32. The van der Waals surface area contributed by atoms with E-state index < -0.39 is 10.0 Å². The van der Waals surface area contributed by atoms with Crippen LogP contribution < -0.4 is 4.74 Å². The number of fused-ring (bicyclic) bond motifs is 1. The van der Waals surface area contributed by atoms with Crippen LogP contribution in [0.15, 0.2) is 52.6 Å². The van der Waals surface area contributed by atoms with Crippen molar-refractivity contribution in [1.29, 1.82) is 0 Å². The first-order valence-corrected chi connectivity index (χ1v) is 10.9. The minimum absolute atomic E-state index is 0.0389. The quantitative estimate of drug-likeness (QED) is 0.692. The molecule has 0 fully saturated rings. The first-order chi connectivity index (χ1) is 12.9. The van der Waals surface area contributed by atoms with Gasteiger partial charge in [-0.05, 0) is 29.1 Å². The number of hydrogen-bond acceptors (Lipinski definition) is 5. The first-order valence-electron chi connectivity index (χ1n) is 8.56. The summed E-state index contributed by atoms with van der Waals surface area (Å²) >= 11 is 1.21. The average Bonchev–Trinajstić information content (AvgIpc) is 3.09. The molecule has 144 valence electrons. The van der Waals surface area contributed by atoms with Crippen LogP contribution in [0.2, 0.25) is 0 Å². The lowest BCUT2D eigenvalue weighted by molar-refractivity contribution is -0.128. The number of carbonyl (C=O) groups is 1. The van der Waals surface area contributed by atoms with Gasteiger partial charge in [-0.2, -0.15) is 4.31 Å². The van der Waals surface area contributed by atoms with Crippen molar-refractivity contribution < 1.29 is 17.9 Å². The number of sulfonamides is 1. The standard InChI is InChI=1S/C19H22N2O4S2/c1-3-8-20(15(2)22)13-16-6-7-18-17(12-16)14-21(9-10-25-18)27(23,24)19-5-4-11-26-19/h3-7,11-12H,1,8-10,13-14H2,2H3. The summed E-state index contributed by atoms with van der Waals surface area (Å²) in [4.78, 5) is 13.4. The van der Waals surface area contributed by atoms with Crippen LogP contribution in [0.4, 0.5) is 0 Å². The normalized spacial score (nSPS) is 14.7. The van der Waals surface area contributed by atoms with Crippen molar-refractivity contribution in [2.45, 2.75) is 24.2 Å². The number of nitrogens with zero attached hydrogens (tertiary/aromatic N) is 2. The minimum Gasteiger partial charge on any atom is -0.492 e. The average molecular weight is 407 g/mol. The highest BCUT2D eigenvalue weighted by molar-refractivity contribution is 7.91. The second-order valence-electron chi connectivity index (χ2n) is 6.25. The monoisotopic (exact) mass is 406 g/mol. The van der Waals surface area contributed by atoms with Crippen LogP contribution in [-0.2, 0) is 27.9 Å². The number of carbonyl (C=O) groups excluding carboxylic acids is 1. The number of benzene rings is 1. The van der Waals surface area contributed by atoms with E-state index in [-0.39, 0.29) is 12.5 Å². The number of amides is 1. The van der Waals surface area contributed by atoms with Crippen LogP contribution in [-0.4, -0.2) is 43.2 Å². The summed E-state index contributed by atoms with van der Waals surface area (Å²) in [7, 11) is -3.55. The van der Waals surface area contributed by atoms with Gasteiger partial charge in [0.2, 0.25) is 5.91 Å². The maximum atomic E-state index is 12.9. The van der Waals surface area contributed by atoms with Gasteiger partial charge in [0, 0.05) is 38.7 Å². The molecule has 27 heavy (non-hydrogen) atoms. The molecule has 0 N–H and O–H groups in total. The Morgan fingerprint density at radius 1 is 1.41 bits per heavy atom. The van der Waals surface area contributed by atoms with E-state index in [4.69, 9.17) is 4.74 Å². The van der Waals surface area contributed by atoms with Crippen molar-refractivity contribution in [1.82, 2.24) is 9.21 Å². The molecule has 0 saturated heterocycles. The Kier molecular flexibility index (Phi) is 5.98. The Labute approximate surface area is 163 Å². The fourth-order valence-corrected chi connectivity index (χ4v) is 5.49. The summed E-state index contributed by atoms with van der Waals surface area (Å²) in [6.45, 7) is 6.93. The third kappa shape index (κ3) is 4.40. The molecule has 1 amide bonds. The van der Waals surface area contributed by atoms with Crippen LogP contribution in [0, 0.1) is 0 Å². The second kappa shape index (κ2) is 8.24. The Morgan fingerprint density at radius 2 is 2.22 bits per heavy atom. The smallest absolute Gasteiger partial charge is 0.252 e. The molecule has 0 atom stereocenters. The zero-order valence-electron chi connectivity index (χ0n) is 15.1. The molecular weight excluding hydrogens is 384 g/mol. The van der Waals surface area contributed by atoms with Crippen molar-refractivity contribution in [3.05, 3.63) is 59.5 Å². The van der Waals surface area contributed by atoms with Gasteiger partial charge in [0.1, 0.15) is 16.6 Å². The number of ether oxygens (including phenoxy) is 1. The molecule has 8 heteroatoms. The van der Waals surface area contributed by atoms with E-state index in [0.717, 1.165) is 11.1 Å². The van der Waals surface area contributed by atoms with E-state index in [0.29, 0.717) is 36.2 Å². The molecule has 0 saturated carbocycles. The predicted octanol–water partition coefficient (Wildman–Crippen LogP) is 2.87. The van der Waals surface area contributed by atoms with Crippen molar-refractivity contribution in [2.75, 3.05) is 19.7 Å². The Balaban J connectivity index is 1.86. The van der Waals surface area contributed by atoms with E-state index in [1.54, 1.807) is 28.5 Å². The molecule has 3 rings (SSSR count). The molecule has 0 unspecified atom stereocenters. The van der Waals surface area contributed by atoms with Crippen LogP contribution in [0.5, 0.6) is 5.75 Å². The van der Waals surface area contributed by atoms with Gasteiger partial charge in [-0.15, -0.1) is 17.9 Å². The highest BCUT2D eigenvalue weighted by atomic mass is 32.2. The summed E-state index contributed by atoms with van der Waals surface area (Å²) in [5.74, 6) is 0.642. The molecule has 0 aliphatic carbocycles. The third-order valence-corrected chi connectivity index (χ3v) is 7.55. The lowest BCUT2D eigenvalue weighted by atomic mass is 10.1. The Morgan fingerprint density at radius 3 is 2.89 bits per heavy atom. The van der Waals surface area contributed by atoms with E-state index in [1.165, 1.54) is 22.6 Å². The summed E-state index contributed by atoms with van der Waals surface area (Å²) in [5, 5.41) is 1.75. The van der Waals surface area contributed by atoms with E-state index in [2.05, 4.69) is 6.58 Å². The molecular formula is C19H22N2O4S2. The molecule has 0 radical (unpaired) electrons. The molecule has 1 aliphatic heterocycles. The SMILES string of the molecule is C=CCN(Cc1ccc2c(c1)CN(S(=O)(=O)c1cccs1)CCO2)C(C)=O. The van der Waals surface area contributed by atoms with Crippen LogP contribution in [0.3, 0.4) is 0 Å². The Hall–Kier alpha value is -2.16. The van der Waals surface area contributed by atoms with Crippen molar-refractivity contribution in [2.24, 2.45) is 0 Å². The fraction of sp³-hybridized carbons (Fsp3) is 0.316. The van der Waals surface area contributed by atoms with E-state index in [9.17, 15) is 13.2 Å². The van der Waals surface area contributed by atoms with Gasteiger partial charge in [-0.3, -0.25) is 4.79 Å². The van der Waals surface area contributed by atoms with Crippen molar-refractivity contribution in [3.8, 4) is 5.75 Å². The third-order valence-electron chi connectivity index (χ3n) is 4.33. The summed E-state index contributed by atoms with van der Waals surface area (Å²) in [6, 6.07) is 9.01. The van der Waals surface area contributed by atoms with Gasteiger partial charge in [0.25, 0.3) is 10.0 Å². The van der Waals surface area contributed by atoms with Gasteiger partial charge in [0.15, 0.2) is 0 Å². The minimum atomic E-state index is -3.55. The molecule has 2 aromatic rings. The van der Waals surface area contributed by atoms with Crippen LogP contribution >= 0.6 is 11.3 Å². The molecule has 1 aromatic heterocycles. The topological polar surface area (TPSA) is 66.9 Å². The lowest BCUT2D eigenvalue weighted by Gasteiger charge is -2.21. The molecule has 0 bridgehead atoms. The Bertz CT molecular complexity index is 923. The summed E-state index contributed by atoms with van der Waals surface area (Å²) in [6.07, 6.45) is 1.68. The predicted molar refractivity (Wildman–Crippen MR) is 105 cm³/mol. The maximum Gasteiger partial charge on any atom is 0.252 e. The fourth-order valence-electron chi connectivity index (χ4n) is 2.95. The van der Waals surface area contributed by atoms with Crippen LogP contribution in [0.25, 0.3) is 0 Å². The number of hydrogen-bond donors (Lipinski definition) is 0. The largest absolute Gasteiger partial charge is 0.492 e. The van der Waals surface area contributed by atoms with Crippen molar-refractivity contribution >= 4 is 27.3 Å². The molecule has 6 nitrogen and oxygen atoms in total. The van der Waals surface area contributed by atoms with Gasteiger partial charge in [-0.25, -0.2) is 8.42 Å². The number of thiophene rings is 1. The summed E-state index contributed by atoms with van der Waals surface area (Å²) < 4.78 is 33.3. The van der Waals surface area contributed by atoms with Gasteiger partial charge >= 0.3 is 0 Å². The first kappa shape index (κ1) is 19.6. The van der Waals surface area contributed by atoms with Gasteiger partial charge < -0.3 is 9.64 Å². The van der Waals surface area contributed by atoms with Crippen LogP contribution in [0.1, 0.15) is 18.1 Å². The molecule has 0 spiro atoms. The van der Waals surface area contributed by atoms with Crippen molar-refractivity contribution in [3.63, 3.8) is 0 Å². The van der Waals surface area contributed by atoms with E-state index in [1.807, 2.05) is 18.2 Å². The summed E-state index contributed by atoms with van der Waals surface area (Å²) in [5.41, 5.74) is 1.72. The van der Waals surface area contributed by atoms with Gasteiger partial charge in [-0.1, -0.05) is 18.2 Å². The van der Waals surface area contributed by atoms with Gasteiger partial charge in [0.05, 0.1) is 0 Å². The molecule has 1 aliphatic rings. The maximum absolute atomic E-state index is 12.9. The number of rotatable bonds is 6. The molecule has 1 aromatic carbocycles. The second-order valence-corrected chi connectivity index (χ2v) is 9.36. The highest BCUT2D eigenvalue weighted by Gasteiger charge is 2.28. The zero-order valence-corrected chi connectivity index (χ0v) is 16.8. The zero-order chi connectivity index (χ0) is 19.4.